The Morgan fingerprint density at radius 3 is 2.36 bits per heavy atom. The molecule has 0 radical (unpaired) electrons. The normalized spacial score (nSPS) is 16.9. The van der Waals surface area contributed by atoms with Crippen molar-refractivity contribution in [1.29, 1.82) is 0 Å². The van der Waals surface area contributed by atoms with E-state index in [2.05, 4.69) is 30.4 Å². The van der Waals surface area contributed by atoms with Crippen molar-refractivity contribution in [3.8, 4) is 0 Å². The third kappa shape index (κ3) is 9.40. The van der Waals surface area contributed by atoms with Crippen LogP contribution in [0.1, 0.15) is 40.0 Å². The number of aliphatic hydroxyl groups excluding tert-OH is 1. The molecule has 4 N–H and O–H groups in total. The van der Waals surface area contributed by atoms with Crippen molar-refractivity contribution in [2.75, 3.05) is 26.3 Å². The molecule has 0 aliphatic carbocycles. The Morgan fingerprint density at radius 1 is 1.22 bits per heavy atom. The highest BCUT2D eigenvalue weighted by Crippen LogP contribution is 2.27. The molecule has 0 spiro atoms. The van der Waals surface area contributed by atoms with E-state index in [4.69, 9.17) is 4.74 Å². The largest absolute Gasteiger partial charge is 0.477 e. The lowest BCUT2D eigenvalue weighted by Crippen LogP contribution is -2.52. The minimum absolute atomic E-state index is 0.0693. The zero-order valence-corrected chi connectivity index (χ0v) is 21.3. The van der Waals surface area contributed by atoms with Gasteiger partial charge < -0.3 is 30.5 Å². The molecule has 0 aromatic heterocycles. The summed E-state index contributed by atoms with van der Waals surface area (Å²) in [7, 11) is 0. The molecule has 2 atom stereocenters. The van der Waals surface area contributed by atoms with Crippen LogP contribution in [-0.4, -0.2) is 87.7 Å². The van der Waals surface area contributed by atoms with Gasteiger partial charge in [0.15, 0.2) is 0 Å². The highest BCUT2D eigenvalue weighted by molar-refractivity contribution is 6.04. The van der Waals surface area contributed by atoms with Crippen LogP contribution in [0.4, 0.5) is 0 Å². The summed E-state index contributed by atoms with van der Waals surface area (Å²) >= 11 is 0. The lowest BCUT2D eigenvalue weighted by molar-refractivity contribution is -0.135. The monoisotopic (exact) mass is 506 g/mol. The minimum Gasteiger partial charge on any atom is -0.477 e. The molecule has 1 aliphatic heterocycles. The zero-order chi connectivity index (χ0) is 27.5. The van der Waals surface area contributed by atoms with Crippen LogP contribution in [-0.2, 0) is 23.9 Å². The number of carbonyl (C=O) groups is 4. The summed E-state index contributed by atoms with van der Waals surface area (Å²) in [6, 6.07) is 0.119. The van der Waals surface area contributed by atoms with Crippen LogP contribution in [0.5, 0.6) is 0 Å². The van der Waals surface area contributed by atoms with Crippen molar-refractivity contribution < 1.29 is 34.1 Å². The molecule has 1 rings (SSSR count). The van der Waals surface area contributed by atoms with Gasteiger partial charge in [-0.05, 0) is 52.2 Å². The maximum atomic E-state index is 13.2. The maximum Gasteiger partial charge on any atom is 0.351 e. The van der Waals surface area contributed by atoms with Gasteiger partial charge in [0.25, 0.3) is 11.8 Å². The number of hydrogen-bond acceptors (Lipinski definition) is 7. The van der Waals surface area contributed by atoms with Crippen LogP contribution in [0.3, 0.4) is 0 Å². The lowest BCUT2D eigenvalue weighted by atomic mass is 9.93. The Hall–Kier alpha value is -3.28. The first-order valence-electron chi connectivity index (χ1n) is 11.7. The second-order valence-corrected chi connectivity index (χ2v) is 9.10. The second-order valence-electron chi connectivity index (χ2n) is 9.10. The summed E-state index contributed by atoms with van der Waals surface area (Å²) in [5.74, 6) is -3.64. The molecule has 1 saturated heterocycles. The van der Waals surface area contributed by atoms with Gasteiger partial charge in [0.05, 0.1) is 19.3 Å². The highest BCUT2D eigenvalue weighted by atomic mass is 16.5. The van der Waals surface area contributed by atoms with Crippen molar-refractivity contribution >= 4 is 23.7 Å². The quantitative estimate of drug-likeness (QED) is 0.254. The van der Waals surface area contributed by atoms with Crippen LogP contribution < -0.4 is 10.6 Å². The number of carboxylic acid groups (broad SMARTS) is 1. The number of aliphatic hydroxyl groups is 1. The first kappa shape index (κ1) is 30.8. The van der Waals surface area contributed by atoms with Crippen molar-refractivity contribution in [3.05, 3.63) is 49.5 Å². The van der Waals surface area contributed by atoms with Crippen molar-refractivity contribution in [2.45, 2.75) is 57.7 Å². The first-order chi connectivity index (χ1) is 16.8. The molecule has 11 heteroatoms. The van der Waals surface area contributed by atoms with Gasteiger partial charge in [0.1, 0.15) is 11.4 Å². The van der Waals surface area contributed by atoms with E-state index in [1.165, 1.54) is 18.0 Å². The van der Waals surface area contributed by atoms with Crippen LogP contribution in [0.25, 0.3) is 0 Å². The number of nitrogens with one attached hydrogen (secondary N) is 2. The van der Waals surface area contributed by atoms with Crippen LogP contribution >= 0.6 is 0 Å². The van der Waals surface area contributed by atoms with E-state index >= 15 is 0 Å². The van der Waals surface area contributed by atoms with Gasteiger partial charge >= 0.3 is 5.97 Å². The number of carboxylic acids is 1. The first-order valence-corrected chi connectivity index (χ1v) is 11.7. The summed E-state index contributed by atoms with van der Waals surface area (Å²) in [5.41, 5.74) is -2.06. The van der Waals surface area contributed by atoms with E-state index in [1.54, 1.807) is 13.8 Å². The predicted octanol–water partition coefficient (Wildman–Crippen LogP) is 0.890. The van der Waals surface area contributed by atoms with Gasteiger partial charge in [0.2, 0.25) is 5.91 Å². The smallest absolute Gasteiger partial charge is 0.351 e. The van der Waals surface area contributed by atoms with E-state index in [1.807, 2.05) is 0 Å². The minimum atomic E-state index is -1.46. The number of hydrogen-bond donors (Lipinski definition) is 4. The van der Waals surface area contributed by atoms with E-state index in [9.17, 15) is 29.4 Å². The van der Waals surface area contributed by atoms with Gasteiger partial charge in [-0.15, -0.1) is 0 Å². The number of ether oxygens (including phenoxy) is 1. The number of carbonyl (C=O) groups excluding carboxylic acids is 3. The third-order valence-corrected chi connectivity index (χ3v) is 5.48. The molecule has 36 heavy (non-hydrogen) atoms. The molecule has 0 aromatic rings. The third-order valence-electron chi connectivity index (χ3n) is 5.48. The van der Waals surface area contributed by atoms with E-state index in [0.717, 1.165) is 23.6 Å². The predicted molar refractivity (Wildman–Crippen MR) is 134 cm³/mol. The lowest BCUT2D eigenvalue weighted by Gasteiger charge is -2.40. The topological polar surface area (TPSA) is 149 Å². The Balaban J connectivity index is 3.46. The number of aliphatic carboxylic acids is 1. The molecule has 1 fully saturated rings. The second kappa shape index (κ2) is 14.3. The standard InChI is InChI=1S/C25H38N4O7/c1-7-21(31)28(12-9-10-19-16-36-13-11-26-19)15-20(23(33)27-18(4)24(34)35)29(22(32)8-2)25(5,6)14-17(3)30/h7-8,15,17,19,26,30H,1-2,4,9-14,16H2,3,5-6H3,(H,27,33)(H,34,35). The van der Waals surface area contributed by atoms with Gasteiger partial charge in [-0.3, -0.25) is 19.3 Å². The van der Waals surface area contributed by atoms with E-state index in [0.29, 0.717) is 26.1 Å². The van der Waals surface area contributed by atoms with E-state index in [-0.39, 0.29) is 24.7 Å². The SMILES string of the molecule is C=CC(=O)N(C=C(C(=O)NC(=C)C(=O)O)N(C(=O)C=C)C(C)(C)CC(C)O)CCCC1COCCN1. The Kier molecular flexibility index (Phi) is 12.2. The summed E-state index contributed by atoms with van der Waals surface area (Å²) in [5, 5.41) is 24.7. The molecule has 1 aliphatic rings. The molecule has 200 valence electrons. The number of rotatable bonds is 14. The summed E-state index contributed by atoms with van der Waals surface area (Å²) in [6.45, 7) is 17.2. The summed E-state index contributed by atoms with van der Waals surface area (Å²) in [4.78, 5) is 52.5. The van der Waals surface area contributed by atoms with Crippen LogP contribution in [0, 0.1) is 0 Å². The molecule has 11 nitrogen and oxygen atoms in total. The van der Waals surface area contributed by atoms with Gasteiger partial charge in [-0.1, -0.05) is 19.7 Å². The van der Waals surface area contributed by atoms with E-state index < -0.39 is 41.0 Å². The zero-order valence-electron chi connectivity index (χ0n) is 21.3. The average molecular weight is 507 g/mol. The fraction of sp³-hybridized carbons (Fsp3) is 0.520. The van der Waals surface area contributed by atoms with Crippen molar-refractivity contribution in [3.63, 3.8) is 0 Å². The number of amides is 3. The van der Waals surface area contributed by atoms with Gasteiger partial charge in [-0.2, -0.15) is 0 Å². The maximum absolute atomic E-state index is 13.2. The molecule has 0 saturated carbocycles. The molecule has 0 bridgehead atoms. The van der Waals surface area contributed by atoms with Crippen molar-refractivity contribution in [1.82, 2.24) is 20.4 Å². The molecule has 1 heterocycles. The summed E-state index contributed by atoms with van der Waals surface area (Å²) < 4.78 is 5.45. The van der Waals surface area contributed by atoms with Crippen molar-refractivity contribution in [2.24, 2.45) is 0 Å². The molecule has 2 unspecified atom stereocenters. The Morgan fingerprint density at radius 2 is 1.86 bits per heavy atom. The van der Waals surface area contributed by atoms with Gasteiger partial charge in [-0.25, -0.2) is 4.79 Å². The summed E-state index contributed by atoms with van der Waals surface area (Å²) in [6.07, 6.45) is 3.71. The van der Waals surface area contributed by atoms with Crippen LogP contribution in [0.2, 0.25) is 0 Å². The molecule has 0 aromatic carbocycles. The highest BCUT2D eigenvalue weighted by Gasteiger charge is 2.37. The Labute approximate surface area is 212 Å². The Bertz CT molecular complexity index is 889. The fourth-order valence-electron chi connectivity index (χ4n) is 3.94. The average Bonchev–Trinajstić information content (AvgIpc) is 2.81. The molecule has 3 amide bonds. The fourth-order valence-corrected chi connectivity index (χ4v) is 3.94. The molecular weight excluding hydrogens is 468 g/mol. The number of morpholine rings is 1. The number of nitrogens with zero attached hydrogens (tertiary/aromatic N) is 2. The van der Waals surface area contributed by atoms with Crippen LogP contribution in [0.15, 0.2) is 49.5 Å². The van der Waals surface area contributed by atoms with Gasteiger partial charge in [0, 0.05) is 30.9 Å². The molecular formula is C25H38N4O7.